The van der Waals surface area contributed by atoms with Gasteiger partial charge in [-0.25, -0.2) is 15.0 Å². The second-order valence-corrected chi connectivity index (χ2v) is 6.13. The fourth-order valence-electron chi connectivity index (χ4n) is 2.45. The molecule has 3 N–H and O–H groups in total. The third-order valence-corrected chi connectivity index (χ3v) is 4.48. The van der Waals surface area contributed by atoms with E-state index < -0.39 is 0 Å². The molecule has 0 atom stereocenters. The Hall–Kier alpha value is -3.00. The molecular weight excluding hydrogens is 324 g/mol. The summed E-state index contributed by atoms with van der Waals surface area (Å²) in [5.74, 6) is 0.562. The first-order chi connectivity index (χ1) is 11.8. The van der Waals surface area contributed by atoms with Crippen LogP contribution in [0.1, 0.15) is 16.1 Å². The van der Waals surface area contributed by atoms with Crippen LogP contribution < -0.4 is 5.32 Å². The number of hydrogen-bond acceptors (Lipinski definition) is 5. The molecule has 0 saturated carbocycles. The van der Waals surface area contributed by atoms with Crippen molar-refractivity contribution in [3.8, 4) is 10.7 Å². The lowest BCUT2D eigenvalue weighted by Crippen LogP contribution is -2.26. The third kappa shape index (κ3) is 2.79. The number of nitrogens with zero attached hydrogens (tertiary/aromatic N) is 3. The van der Waals surface area contributed by atoms with Crippen molar-refractivity contribution in [2.24, 2.45) is 0 Å². The van der Waals surface area contributed by atoms with E-state index in [2.05, 4.69) is 30.2 Å². The van der Waals surface area contributed by atoms with Crippen LogP contribution in [0.4, 0.5) is 0 Å². The molecule has 0 unspecified atom stereocenters. The molecule has 4 heterocycles. The van der Waals surface area contributed by atoms with E-state index in [1.54, 1.807) is 29.9 Å². The highest BCUT2D eigenvalue weighted by atomic mass is 32.1. The summed E-state index contributed by atoms with van der Waals surface area (Å²) < 4.78 is 0. The number of imidazole rings is 2. The molecule has 4 aromatic heterocycles. The van der Waals surface area contributed by atoms with Crippen molar-refractivity contribution in [3.05, 3.63) is 53.6 Å². The van der Waals surface area contributed by atoms with Gasteiger partial charge < -0.3 is 15.3 Å². The summed E-state index contributed by atoms with van der Waals surface area (Å²) in [6, 6.07) is 5.63. The first kappa shape index (κ1) is 14.6. The van der Waals surface area contributed by atoms with Gasteiger partial charge in [-0.05, 0) is 17.5 Å². The molecule has 0 radical (unpaired) electrons. The Bertz CT molecular complexity index is 958. The normalized spacial score (nSPS) is 11.0. The first-order valence-electron chi connectivity index (χ1n) is 7.46. The summed E-state index contributed by atoms with van der Waals surface area (Å²) in [4.78, 5) is 32.5. The van der Waals surface area contributed by atoms with Crippen LogP contribution in [0.25, 0.3) is 21.9 Å². The van der Waals surface area contributed by atoms with Crippen LogP contribution in [-0.2, 0) is 6.42 Å². The van der Waals surface area contributed by atoms with E-state index in [4.69, 9.17) is 0 Å². The lowest BCUT2D eigenvalue weighted by Gasteiger charge is -2.04. The number of pyridine rings is 1. The van der Waals surface area contributed by atoms with Gasteiger partial charge >= 0.3 is 0 Å². The quantitative estimate of drug-likeness (QED) is 0.520. The van der Waals surface area contributed by atoms with Crippen molar-refractivity contribution < 1.29 is 4.79 Å². The Morgan fingerprint density at radius 2 is 2.25 bits per heavy atom. The van der Waals surface area contributed by atoms with E-state index >= 15 is 0 Å². The molecule has 4 aromatic rings. The lowest BCUT2D eigenvalue weighted by atomic mass is 10.2. The van der Waals surface area contributed by atoms with Crippen molar-refractivity contribution >= 4 is 28.4 Å². The Kier molecular flexibility index (Phi) is 3.80. The lowest BCUT2D eigenvalue weighted by molar-refractivity contribution is 0.0955. The number of amides is 1. The summed E-state index contributed by atoms with van der Waals surface area (Å²) >= 11 is 1.59. The summed E-state index contributed by atoms with van der Waals surface area (Å²) in [5, 5.41) is 4.89. The number of thiophene rings is 1. The number of nitrogens with one attached hydrogen (secondary N) is 3. The van der Waals surface area contributed by atoms with Gasteiger partial charge in [-0.2, -0.15) is 0 Å². The Balaban J connectivity index is 1.55. The Labute approximate surface area is 141 Å². The average Bonchev–Trinajstić information content (AvgIpc) is 3.33. The summed E-state index contributed by atoms with van der Waals surface area (Å²) in [6.45, 7) is 0.510. The van der Waals surface area contributed by atoms with Crippen molar-refractivity contribution in [1.29, 1.82) is 0 Å². The predicted molar refractivity (Wildman–Crippen MR) is 91.8 cm³/mol. The highest BCUT2D eigenvalue weighted by Crippen LogP contribution is 2.25. The topological polar surface area (TPSA) is 99.4 Å². The number of aromatic nitrogens is 5. The minimum absolute atomic E-state index is 0.165. The molecule has 0 bridgehead atoms. The number of fused-ring (bicyclic) bond motifs is 1. The second kappa shape index (κ2) is 6.25. The number of carbonyl (C=O) groups excluding carboxylic acids is 1. The summed E-state index contributed by atoms with van der Waals surface area (Å²) in [6.07, 6.45) is 5.73. The average molecular weight is 338 g/mol. The monoisotopic (exact) mass is 338 g/mol. The fourth-order valence-corrected chi connectivity index (χ4v) is 3.12. The zero-order chi connectivity index (χ0) is 16.4. The van der Waals surface area contributed by atoms with Gasteiger partial charge in [-0.1, -0.05) is 6.07 Å². The molecule has 120 valence electrons. The summed E-state index contributed by atoms with van der Waals surface area (Å²) in [5.41, 5.74) is 2.62. The van der Waals surface area contributed by atoms with Gasteiger partial charge in [-0.15, -0.1) is 11.3 Å². The molecule has 8 heteroatoms. The smallest absolute Gasteiger partial charge is 0.253 e. The molecule has 0 aliphatic rings. The standard InChI is InChI=1S/C16H14N6OS/c23-16(19-5-3-10-8-17-9-20-10)11-4-6-18-15-13(11)21-14(22-15)12-2-1-7-24-12/h1-2,4,6-9H,3,5H2,(H,17,20)(H,19,23)(H,18,21,22). The van der Waals surface area contributed by atoms with Crippen LogP contribution in [0.2, 0.25) is 0 Å². The fraction of sp³-hybridized carbons (Fsp3) is 0.125. The molecule has 24 heavy (non-hydrogen) atoms. The molecule has 0 spiro atoms. The highest BCUT2D eigenvalue weighted by molar-refractivity contribution is 7.13. The zero-order valence-electron chi connectivity index (χ0n) is 12.6. The van der Waals surface area contributed by atoms with E-state index in [9.17, 15) is 4.79 Å². The van der Waals surface area contributed by atoms with Crippen LogP contribution in [0.3, 0.4) is 0 Å². The van der Waals surface area contributed by atoms with Gasteiger partial charge in [0.1, 0.15) is 11.3 Å². The molecular formula is C16H14N6OS. The number of hydrogen-bond donors (Lipinski definition) is 3. The van der Waals surface area contributed by atoms with Crippen molar-refractivity contribution in [2.75, 3.05) is 6.54 Å². The molecule has 0 aliphatic carbocycles. The number of H-pyrrole nitrogens is 2. The molecule has 0 aliphatic heterocycles. The Morgan fingerprint density at radius 3 is 3.04 bits per heavy atom. The number of carbonyl (C=O) groups is 1. The van der Waals surface area contributed by atoms with E-state index in [0.717, 1.165) is 16.4 Å². The number of rotatable bonds is 5. The maximum atomic E-state index is 12.5. The van der Waals surface area contributed by atoms with Crippen LogP contribution in [0, 0.1) is 0 Å². The van der Waals surface area contributed by atoms with E-state index in [1.807, 2.05) is 23.7 Å². The van der Waals surface area contributed by atoms with Crippen molar-refractivity contribution in [3.63, 3.8) is 0 Å². The SMILES string of the molecule is O=C(NCCc1c[nH]cn1)c1ccnc2[nH]c(-c3cccs3)nc12. The van der Waals surface area contributed by atoms with E-state index in [0.29, 0.717) is 29.7 Å². The van der Waals surface area contributed by atoms with Gasteiger partial charge in [-0.3, -0.25) is 4.79 Å². The van der Waals surface area contributed by atoms with Crippen LogP contribution in [0.5, 0.6) is 0 Å². The van der Waals surface area contributed by atoms with Crippen LogP contribution >= 0.6 is 11.3 Å². The van der Waals surface area contributed by atoms with Gasteiger partial charge in [0.25, 0.3) is 5.91 Å². The number of aromatic amines is 2. The van der Waals surface area contributed by atoms with E-state index in [1.165, 1.54) is 0 Å². The minimum atomic E-state index is -0.165. The largest absolute Gasteiger partial charge is 0.352 e. The van der Waals surface area contributed by atoms with Gasteiger partial charge in [0.2, 0.25) is 0 Å². The first-order valence-corrected chi connectivity index (χ1v) is 8.33. The Morgan fingerprint density at radius 1 is 1.29 bits per heavy atom. The van der Waals surface area contributed by atoms with E-state index in [-0.39, 0.29) is 5.91 Å². The van der Waals surface area contributed by atoms with Crippen molar-refractivity contribution in [2.45, 2.75) is 6.42 Å². The molecule has 7 nitrogen and oxygen atoms in total. The molecule has 0 fully saturated rings. The molecule has 1 amide bonds. The van der Waals surface area contributed by atoms with Gasteiger partial charge in [0, 0.05) is 25.4 Å². The maximum absolute atomic E-state index is 12.5. The predicted octanol–water partition coefficient (Wildman–Crippen LogP) is 2.38. The molecule has 0 aromatic carbocycles. The van der Waals surface area contributed by atoms with Gasteiger partial charge in [0.05, 0.1) is 22.5 Å². The van der Waals surface area contributed by atoms with Crippen LogP contribution in [-0.4, -0.2) is 37.4 Å². The molecule has 0 saturated heterocycles. The van der Waals surface area contributed by atoms with Gasteiger partial charge in [0.15, 0.2) is 5.65 Å². The zero-order valence-corrected chi connectivity index (χ0v) is 13.4. The second-order valence-electron chi connectivity index (χ2n) is 5.18. The summed E-state index contributed by atoms with van der Waals surface area (Å²) in [7, 11) is 0. The molecule has 4 rings (SSSR count). The highest BCUT2D eigenvalue weighted by Gasteiger charge is 2.15. The van der Waals surface area contributed by atoms with Crippen LogP contribution in [0.15, 0.2) is 42.3 Å². The minimum Gasteiger partial charge on any atom is -0.352 e. The third-order valence-electron chi connectivity index (χ3n) is 3.61. The van der Waals surface area contributed by atoms with Crippen molar-refractivity contribution in [1.82, 2.24) is 30.2 Å². The maximum Gasteiger partial charge on any atom is 0.253 e.